The predicted octanol–water partition coefficient (Wildman–Crippen LogP) is 3.08. The molecule has 4 heteroatoms. The molecule has 0 N–H and O–H groups in total. The first-order chi connectivity index (χ1) is 9.31. The van der Waals surface area contributed by atoms with Crippen molar-refractivity contribution in [3.63, 3.8) is 0 Å². The topological polar surface area (TPSA) is 29.5 Å². The lowest BCUT2D eigenvalue weighted by molar-refractivity contribution is -0.137. The number of rotatable bonds is 6. The molecule has 1 amide bonds. The number of thiophene rings is 1. The van der Waals surface area contributed by atoms with E-state index in [-0.39, 0.29) is 11.8 Å². The van der Waals surface area contributed by atoms with Crippen molar-refractivity contribution >= 4 is 17.2 Å². The average molecular weight is 279 g/mol. The lowest BCUT2D eigenvalue weighted by atomic mass is 9.93. The van der Waals surface area contributed by atoms with Crippen molar-refractivity contribution in [1.82, 2.24) is 4.90 Å². The van der Waals surface area contributed by atoms with Crippen molar-refractivity contribution < 1.29 is 9.53 Å². The van der Waals surface area contributed by atoms with E-state index in [0.717, 1.165) is 19.3 Å². The second-order valence-corrected chi connectivity index (χ2v) is 5.85. The van der Waals surface area contributed by atoms with E-state index >= 15 is 0 Å². The molecule has 1 aromatic heterocycles. The van der Waals surface area contributed by atoms with Crippen LogP contribution in [0.3, 0.4) is 0 Å². The molecule has 1 aromatic rings. The van der Waals surface area contributed by atoms with Crippen molar-refractivity contribution in [1.29, 1.82) is 0 Å². The van der Waals surface area contributed by atoms with Gasteiger partial charge in [-0.1, -0.05) is 18.2 Å². The molecular formula is C15H21NO2S. The number of nitrogens with zero attached hydrogens (tertiary/aromatic N) is 1. The number of carbonyl (C=O) groups is 1. The quantitative estimate of drug-likeness (QED) is 0.749. The minimum atomic E-state index is 0.154. The first-order valence-corrected chi connectivity index (χ1v) is 7.64. The van der Waals surface area contributed by atoms with Crippen LogP contribution >= 0.6 is 11.3 Å². The number of methoxy groups -OCH3 is 1. The molecule has 0 spiro atoms. The highest BCUT2D eigenvalue weighted by atomic mass is 32.1. The molecule has 104 valence electrons. The number of ether oxygens (including phenoxy) is 1. The Hall–Kier alpha value is -1.13. The Bertz CT molecular complexity index is 414. The summed E-state index contributed by atoms with van der Waals surface area (Å²) in [6.07, 6.45) is 7.18. The summed E-state index contributed by atoms with van der Waals surface area (Å²) >= 11 is 1.70. The molecule has 0 bridgehead atoms. The van der Waals surface area contributed by atoms with Gasteiger partial charge in [0.05, 0.1) is 13.2 Å². The zero-order chi connectivity index (χ0) is 13.5. The van der Waals surface area contributed by atoms with Gasteiger partial charge in [-0.25, -0.2) is 0 Å². The summed E-state index contributed by atoms with van der Waals surface area (Å²) in [6.45, 7) is 1.98. The second kappa shape index (κ2) is 7.46. The summed E-state index contributed by atoms with van der Waals surface area (Å²) in [7, 11) is 1.68. The molecule has 0 saturated heterocycles. The summed E-state index contributed by atoms with van der Waals surface area (Å²) < 4.78 is 5.12. The molecule has 1 heterocycles. The highest BCUT2D eigenvalue weighted by Crippen LogP contribution is 2.22. The SMILES string of the molecule is COCCN(Cc1cccs1)C(=O)C1CC=CCC1. The van der Waals surface area contributed by atoms with Gasteiger partial charge < -0.3 is 9.64 Å². The van der Waals surface area contributed by atoms with E-state index in [1.165, 1.54) is 4.88 Å². The van der Waals surface area contributed by atoms with Crippen LogP contribution in [0.1, 0.15) is 24.1 Å². The fraction of sp³-hybridized carbons (Fsp3) is 0.533. The van der Waals surface area contributed by atoms with Crippen LogP contribution in [-0.4, -0.2) is 31.1 Å². The zero-order valence-corrected chi connectivity index (χ0v) is 12.2. The number of carbonyl (C=O) groups excluding carboxylic acids is 1. The van der Waals surface area contributed by atoms with Crippen molar-refractivity contribution in [2.24, 2.45) is 5.92 Å². The Morgan fingerprint density at radius 1 is 1.53 bits per heavy atom. The Morgan fingerprint density at radius 3 is 3.05 bits per heavy atom. The molecule has 19 heavy (non-hydrogen) atoms. The van der Waals surface area contributed by atoms with Crippen LogP contribution in [0.5, 0.6) is 0 Å². The molecular weight excluding hydrogens is 258 g/mol. The molecule has 0 saturated carbocycles. The summed E-state index contributed by atoms with van der Waals surface area (Å²) in [5, 5.41) is 2.05. The molecule has 1 unspecified atom stereocenters. The maximum atomic E-state index is 12.6. The van der Waals surface area contributed by atoms with Gasteiger partial charge in [0.1, 0.15) is 0 Å². The van der Waals surface area contributed by atoms with Crippen LogP contribution in [0, 0.1) is 5.92 Å². The van der Waals surface area contributed by atoms with Crippen LogP contribution < -0.4 is 0 Å². The van der Waals surface area contributed by atoms with Gasteiger partial charge in [-0.2, -0.15) is 0 Å². The van der Waals surface area contributed by atoms with Crippen molar-refractivity contribution in [3.05, 3.63) is 34.5 Å². The van der Waals surface area contributed by atoms with Gasteiger partial charge in [-0.3, -0.25) is 4.79 Å². The first kappa shape index (κ1) is 14.3. The Labute approximate surface area is 118 Å². The number of hydrogen-bond donors (Lipinski definition) is 0. The second-order valence-electron chi connectivity index (χ2n) is 4.81. The van der Waals surface area contributed by atoms with Crippen LogP contribution in [0.15, 0.2) is 29.7 Å². The van der Waals surface area contributed by atoms with Crippen molar-refractivity contribution in [2.45, 2.75) is 25.8 Å². The van der Waals surface area contributed by atoms with E-state index in [1.54, 1.807) is 18.4 Å². The summed E-state index contributed by atoms with van der Waals surface area (Å²) in [4.78, 5) is 15.7. The maximum absolute atomic E-state index is 12.6. The Morgan fingerprint density at radius 2 is 2.42 bits per heavy atom. The van der Waals surface area contributed by atoms with E-state index in [0.29, 0.717) is 19.7 Å². The standard InChI is InChI=1S/C15H21NO2S/c1-18-10-9-16(12-14-8-5-11-19-14)15(17)13-6-3-2-4-7-13/h2-3,5,8,11,13H,4,6-7,9-10,12H2,1H3. The maximum Gasteiger partial charge on any atom is 0.226 e. The van der Waals surface area contributed by atoms with E-state index < -0.39 is 0 Å². The molecule has 3 nitrogen and oxygen atoms in total. The minimum absolute atomic E-state index is 0.154. The third kappa shape index (κ3) is 4.18. The first-order valence-electron chi connectivity index (χ1n) is 6.76. The average Bonchev–Trinajstić information content (AvgIpc) is 2.96. The van der Waals surface area contributed by atoms with Gasteiger partial charge >= 0.3 is 0 Å². The van der Waals surface area contributed by atoms with E-state index in [9.17, 15) is 4.79 Å². The van der Waals surface area contributed by atoms with Gasteiger partial charge in [0, 0.05) is 24.4 Å². The van der Waals surface area contributed by atoms with Crippen molar-refractivity contribution in [3.8, 4) is 0 Å². The summed E-state index contributed by atoms with van der Waals surface area (Å²) in [5.41, 5.74) is 0. The van der Waals surface area contributed by atoms with Gasteiger partial charge in [-0.15, -0.1) is 11.3 Å². The molecule has 1 aliphatic carbocycles. The van der Waals surface area contributed by atoms with Gasteiger partial charge in [0.25, 0.3) is 0 Å². The minimum Gasteiger partial charge on any atom is -0.383 e. The van der Waals surface area contributed by atoms with Crippen LogP contribution in [0.4, 0.5) is 0 Å². The predicted molar refractivity (Wildman–Crippen MR) is 78.1 cm³/mol. The zero-order valence-electron chi connectivity index (χ0n) is 11.4. The molecule has 0 fully saturated rings. The van der Waals surface area contributed by atoms with Gasteiger partial charge in [-0.05, 0) is 30.7 Å². The van der Waals surface area contributed by atoms with E-state index in [4.69, 9.17) is 4.74 Å². The van der Waals surface area contributed by atoms with E-state index in [1.807, 2.05) is 11.0 Å². The number of amides is 1. The molecule has 0 radical (unpaired) electrons. The fourth-order valence-corrected chi connectivity index (χ4v) is 3.05. The third-order valence-corrected chi connectivity index (χ3v) is 4.28. The molecule has 1 aliphatic rings. The Balaban J connectivity index is 1.99. The monoisotopic (exact) mass is 279 g/mol. The fourth-order valence-electron chi connectivity index (χ4n) is 2.34. The lowest BCUT2D eigenvalue weighted by Gasteiger charge is -2.27. The molecule has 0 aromatic carbocycles. The molecule has 0 aliphatic heterocycles. The van der Waals surface area contributed by atoms with Gasteiger partial charge in [0.15, 0.2) is 0 Å². The van der Waals surface area contributed by atoms with Crippen molar-refractivity contribution in [2.75, 3.05) is 20.3 Å². The van der Waals surface area contributed by atoms with Gasteiger partial charge in [0.2, 0.25) is 5.91 Å². The Kier molecular flexibility index (Phi) is 5.61. The van der Waals surface area contributed by atoms with Crippen LogP contribution in [0.2, 0.25) is 0 Å². The normalized spacial score (nSPS) is 18.5. The number of allylic oxidation sites excluding steroid dienone is 2. The van der Waals surface area contributed by atoms with E-state index in [2.05, 4.69) is 23.6 Å². The summed E-state index contributed by atoms with van der Waals surface area (Å²) in [5.74, 6) is 0.427. The lowest BCUT2D eigenvalue weighted by Crippen LogP contribution is -2.38. The molecule has 2 rings (SSSR count). The third-order valence-electron chi connectivity index (χ3n) is 3.42. The molecule has 1 atom stereocenters. The highest BCUT2D eigenvalue weighted by Gasteiger charge is 2.24. The van der Waals surface area contributed by atoms with Crippen LogP contribution in [-0.2, 0) is 16.1 Å². The number of hydrogen-bond acceptors (Lipinski definition) is 3. The van der Waals surface area contributed by atoms with Crippen LogP contribution in [0.25, 0.3) is 0 Å². The summed E-state index contributed by atoms with van der Waals surface area (Å²) in [6, 6.07) is 4.11. The largest absolute Gasteiger partial charge is 0.383 e. The highest BCUT2D eigenvalue weighted by molar-refractivity contribution is 7.09. The smallest absolute Gasteiger partial charge is 0.226 e.